The molecule has 1 fully saturated rings. The summed E-state index contributed by atoms with van der Waals surface area (Å²) in [6.07, 6.45) is 1.82. The van der Waals surface area contributed by atoms with Gasteiger partial charge in [0.05, 0.1) is 13.2 Å². The molecule has 1 aromatic heterocycles. The summed E-state index contributed by atoms with van der Waals surface area (Å²) in [6.45, 7) is 7.59. The van der Waals surface area contributed by atoms with E-state index >= 15 is 0 Å². The minimum absolute atomic E-state index is 0.0144. The van der Waals surface area contributed by atoms with Crippen LogP contribution in [0.5, 0.6) is 0 Å². The van der Waals surface area contributed by atoms with Crippen LogP contribution in [-0.2, 0) is 16.1 Å². The summed E-state index contributed by atoms with van der Waals surface area (Å²) < 4.78 is 5.32. The monoisotopic (exact) mass is 263 g/mol. The predicted molar refractivity (Wildman–Crippen MR) is 74.0 cm³/mol. The van der Waals surface area contributed by atoms with E-state index < -0.39 is 0 Å². The van der Waals surface area contributed by atoms with Crippen LogP contribution >= 0.6 is 0 Å². The van der Waals surface area contributed by atoms with Gasteiger partial charge in [-0.25, -0.2) is 4.98 Å². The molecule has 1 aromatic rings. The first-order valence-corrected chi connectivity index (χ1v) is 6.72. The molecule has 1 saturated heterocycles. The Balaban J connectivity index is 1.89. The van der Waals surface area contributed by atoms with E-state index in [4.69, 9.17) is 4.74 Å². The number of carbonyl (C=O) groups excluding carboxylic acids is 1. The van der Waals surface area contributed by atoms with Crippen LogP contribution in [0, 0.1) is 5.92 Å². The Kier molecular flexibility index (Phi) is 4.74. The third-order valence-electron chi connectivity index (χ3n) is 3.14. The molecule has 0 aliphatic carbocycles. The summed E-state index contributed by atoms with van der Waals surface area (Å²) in [7, 11) is 0. The van der Waals surface area contributed by atoms with Gasteiger partial charge in [0.2, 0.25) is 5.91 Å². The van der Waals surface area contributed by atoms with Crippen LogP contribution in [0.2, 0.25) is 0 Å². The van der Waals surface area contributed by atoms with E-state index in [0.29, 0.717) is 6.54 Å². The van der Waals surface area contributed by atoms with Crippen LogP contribution < -0.4 is 10.2 Å². The summed E-state index contributed by atoms with van der Waals surface area (Å²) in [5.74, 6) is 1.06. The van der Waals surface area contributed by atoms with Crippen LogP contribution in [-0.4, -0.2) is 37.2 Å². The van der Waals surface area contributed by atoms with Crippen molar-refractivity contribution in [3.8, 4) is 0 Å². The number of amides is 1. The minimum atomic E-state index is 0.0144. The number of aromatic nitrogens is 1. The van der Waals surface area contributed by atoms with E-state index in [-0.39, 0.29) is 11.8 Å². The van der Waals surface area contributed by atoms with E-state index in [9.17, 15) is 4.79 Å². The molecule has 0 bridgehead atoms. The fourth-order valence-electron chi connectivity index (χ4n) is 1.89. The van der Waals surface area contributed by atoms with Crippen LogP contribution in [0.3, 0.4) is 0 Å². The smallest absolute Gasteiger partial charge is 0.222 e. The number of rotatable bonds is 4. The number of carbonyl (C=O) groups is 1. The van der Waals surface area contributed by atoms with Crippen molar-refractivity contribution in [1.82, 2.24) is 10.3 Å². The lowest BCUT2D eigenvalue weighted by molar-refractivity contribution is -0.124. The standard InChI is InChI=1S/C14H21N3O2/c1-11(2)14(18)16-10-12-3-4-13(15-9-12)17-5-7-19-8-6-17/h3-4,9,11H,5-8,10H2,1-2H3,(H,16,18). The van der Waals surface area contributed by atoms with Gasteiger partial charge < -0.3 is 15.0 Å². The number of anilines is 1. The Bertz CT molecular complexity index is 411. The lowest BCUT2D eigenvalue weighted by atomic mass is 10.2. The molecule has 5 nitrogen and oxygen atoms in total. The summed E-state index contributed by atoms with van der Waals surface area (Å²) in [6, 6.07) is 4.01. The Hall–Kier alpha value is -1.62. The zero-order valence-electron chi connectivity index (χ0n) is 11.6. The second-order valence-electron chi connectivity index (χ2n) is 5.00. The highest BCUT2D eigenvalue weighted by atomic mass is 16.5. The molecule has 0 radical (unpaired) electrons. The Labute approximate surface area is 114 Å². The molecular formula is C14H21N3O2. The van der Waals surface area contributed by atoms with Crippen molar-refractivity contribution in [3.63, 3.8) is 0 Å². The molecule has 2 heterocycles. The Morgan fingerprint density at radius 2 is 2.16 bits per heavy atom. The van der Waals surface area contributed by atoms with Crippen molar-refractivity contribution < 1.29 is 9.53 Å². The first-order valence-electron chi connectivity index (χ1n) is 6.72. The zero-order valence-corrected chi connectivity index (χ0v) is 11.6. The topological polar surface area (TPSA) is 54.5 Å². The van der Waals surface area contributed by atoms with Crippen molar-refractivity contribution in [1.29, 1.82) is 0 Å². The molecular weight excluding hydrogens is 242 g/mol. The van der Waals surface area contributed by atoms with E-state index in [1.54, 1.807) is 0 Å². The second-order valence-corrected chi connectivity index (χ2v) is 5.00. The fraction of sp³-hybridized carbons (Fsp3) is 0.571. The Morgan fingerprint density at radius 1 is 1.42 bits per heavy atom. The number of morpholine rings is 1. The summed E-state index contributed by atoms with van der Waals surface area (Å²) in [5.41, 5.74) is 1.02. The molecule has 104 valence electrons. The quantitative estimate of drug-likeness (QED) is 0.886. The highest BCUT2D eigenvalue weighted by molar-refractivity contribution is 5.77. The van der Waals surface area contributed by atoms with Gasteiger partial charge in [-0.1, -0.05) is 19.9 Å². The molecule has 1 N–H and O–H groups in total. The van der Waals surface area contributed by atoms with Crippen molar-refractivity contribution in [3.05, 3.63) is 23.9 Å². The maximum absolute atomic E-state index is 11.5. The van der Waals surface area contributed by atoms with Gasteiger partial charge in [-0.2, -0.15) is 0 Å². The number of nitrogens with one attached hydrogen (secondary N) is 1. The van der Waals surface area contributed by atoms with Gasteiger partial charge in [0.15, 0.2) is 0 Å². The van der Waals surface area contributed by atoms with Crippen molar-refractivity contribution in [2.45, 2.75) is 20.4 Å². The van der Waals surface area contributed by atoms with E-state index in [1.807, 2.05) is 32.2 Å². The van der Waals surface area contributed by atoms with Crippen LogP contribution in [0.25, 0.3) is 0 Å². The molecule has 0 atom stereocenters. The molecule has 2 rings (SSSR count). The molecule has 1 amide bonds. The molecule has 0 spiro atoms. The Morgan fingerprint density at radius 3 is 2.74 bits per heavy atom. The van der Waals surface area contributed by atoms with Gasteiger partial charge in [-0.15, -0.1) is 0 Å². The van der Waals surface area contributed by atoms with E-state index in [1.165, 1.54) is 0 Å². The maximum Gasteiger partial charge on any atom is 0.222 e. The normalized spacial score (nSPS) is 15.6. The average molecular weight is 263 g/mol. The van der Waals surface area contributed by atoms with Crippen molar-refractivity contribution >= 4 is 11.7 Å². The largest absolute Gasteiger partial charge is 0.378 e. The number of ether oxygens (including phenoxy) is 1. The van der Waals surface area contributed by atoms with Crippen LogP contribution in [0.4, 0.5) is 5.82 Å². The molecule has 0 saturated carbocycles. The summed E-state index contributed by atoms with van der Waals surface area (Å²) in [5, 5.41) is 2.88. The van der Waals surface area contributed by atoms with Gasteiger partial charge in [0, 0.05) is 31.7 Å². The summed E-state index contributed by atoms with van der Waals surface area (Å²) >= 11 is 0. The average Bonchev–Trinajstić information content (AvgIpc) is 2.46. The second kappa shape index (κ2) is 6.52. The van der Waals surface area contributed by atoms with Gasteiger partial charge in [0.25, 0.3) is 0 Å². The molecule has 1 aliphatic heterocycles. The van der Waals surface area contributed by atoms with Gasteiger partial charge in [-0.3, -0.25) is 4.79 Å². The van der Waals surface area contributed by atoms with Crippen LogP contribution in [0.1, 0.15) is 19.4 Å². The van der Waals surface area contributed by atoms with Crippen molar-refractivity contribution in [2.75, 3.05) is 31.2 Å². The lowest BCUT2D eigenvalue weighted by Crippen LogP contribution is -2.36. The third-order valence-corrected chi connectivity index (χ3v) is 3.14. The SMILES string of the molecule is CC(C)C(=O)NCc1ccc(N2CCOCC2)nc1. The molecule has 0 unspecified atom stereocenters. The number of pyridine rings is 1. The highest BCUT2D eigenvalue weighted by Crippen LogP contribution is 2.12. The number of hydrogen-bond donors (Lipinski definition) is 1. The maximum atomic E-state index is 11.5. The van der Waals surface area contributed by atoms with Gasteiger partial charge in [0.1, 0.15) is 5.82 Å². The first kappa shape index (κ1) is 13.8. The van der Waals surface area contributed by atoms with E-state index in [0.717, 1.165) is 37.7 Å². The third kappa shape index (κ3) is 3.92. The molecule has 1 aliphatic rings. The zero-order chi connectivity index (χ0) is 13.7. The lowest BCUT2D eigenvalue weighted by Gasteiger charge is -2.27. The van der Waals surface area contributed by atoms with Crippen molar-refractivity contribution in [2.24, 2.45) is 5.92 Å². The summed E-state index contributed by atoms with van der Waals surface area (Å²) in [4.78, 5) is 18.1. The molecule has 0 aromatic carbocycles. The minimum Gasteiger partial charge on any atom is -0.378 e. The number of hydrogen-bond acceptors (Lipinski definition) is 4. The molecule has 19 heavy (non-hydrogen) atoms. The van der Waals surface area contributed by atoms with Crippen LogP contribution in [0.15, 0.2) is 18.3 Å². The number of nitrogens with zero attached hydrogens (tertiary/aromatic N) is 2. The highest BCUT2D eigenvalue weighted by Gasteiger charge is 2.12. The fourth-order valence-corrected chi connectivity index (χ4v) is 1.89. The molecule has 5 heteroatoms. The van der Waals surface area contributed by atoms with Gasteiger partial charge >= 0.3 is 0 Å². The van der Waals surface area contributed by atoms with E-state index in [2.05, 4.69) is 15.2 Å². The predicted octanol–water partition coefficient (Wildman–Crippen LogP) is 1.19. The van der Waals surface area contributed by atoms with Gasteiger partial charge in [-0.05, 0) is 11.6 Å². The first-order chi connectivity index (χ1) is 9.16.